The Morgan fingerprint density at radius 3 is 2.59 bits per heavy atom. The number of halogens is 1. The van der Waals surface area contributed by atoms with Crippen LogP contribution in [0.4, 0.5) is 11.4 Å². The second kappa shape index (κ2) is 7.81. The normalized spacial score (nSPS) is 22.5. The van der Waals surface area contributed by atoms with Crippen LogP contribution in [-0.2, 0) is 9.47 Å². The highest BCUT2D eigenvalue weighted by molar-refractivity contribution is 6.18. The van der Waals surface area contributed by atoms with Crippen molar-refractivity contribution in [2.24, 2.45) is 0 Å². The van der Waals surface area contributed by atoms with E-state index in [2.05, 4.69) is 14.5 Å². The number of aldehydes is 1. The molecule has 0 bridgehead atoms. The smallest absolute Gasteiger partial charge is 0.150 e. The lowest BCUT2D eigenvalue weighted by molar-refractivity contribution is -0.0449. The van der Waals surface area contributed by atoms with Gasteiger partial charge in [0.05, 0.1) is 23.4 Å². The van der Waals surface area contributed by atoms with Crippen LogP contribution in [0.25, 0.3) is 0 Å². The lowest BCUT2D eigenvalue weighted by Crippen LogP contribution is -2.48. The van der Waals surface area contributed by atoms with Gasteiger partial charge in [0.25, 0.3) is 0 Å². The van der Waals surface area contributed by atoms with Crippen molar-refractivity contribution >= 4 is 29.3 Å². The van der Waals surface area contributed by atoms with E-state index in [9.17, 15) is 4.79 Å². The zero-order valence-corrected chi connectivity index (χ0v) is 14.0. The standard InChI is InChI=1S/C14H17ClN2O2.C2H6O/c1-16-12-3-2-10(9-18)6-13(12)17(14(16)7-15)8-11-4-5-19-11;1-3-2/h2-3,6,9,11,14H,4-5,7-8H2,1H3;1-2H3/t11-,14?;/m0./s1. The molecule has 2 heterocycles. The maximum absolute atomic E-state index is 11.0. The highest BCUT2D eigenvalue weighted by Gasteiger charge is 2.35. The maximum Gasteiger partial charge on any atom is 0.150 e. The van der Waals surface area contributed by atoms with Gasteiger partial charge in [0.2, 0.25) is 0 Å². The molecule has 1 saturated heterocycles. The quantitative estimate of drug-likeness (QED) is 0.627. The van der Waals surface area contributed by atoms with E-state index >= 15 is 0 Å². The van der Waals surface area contributed by atoms with E-state index in [0.717, 1.165) is 37.2 Å². The number of anilines is 2. The summed E-state index contributed by atoms with van der Waals surface area (Å²) in [5, 5.41) is 0. The average molecular weight is 327 g/mol. The lowest BCUT2D eigenvalue weighted by Gasteiger charge is -2.35. The van der Waals surface area contributed by atoms with Gasteiger partial charge in [-0.2, -0.15) is 0 Å². The van der Waals surface area contributed by atoms with Crippen molar-refractivity contribution in [3.63, 3.8) is 0 Å². The monoisotopic (exact) mass is 326 g/mol. The first-order valence-electron chi connectivity index (χ1n) is 7.32. The molecule has 22 heavy (non-hydrogen) atoms. The third-order valence-corrected chi connectivity index (χ3v) is 4.24. The molecule has 0 amide bonds. The van der Waals surface area contributed by atoms with Gasteiger partial charge in [0, 0.05) is 40.0 Å². The molecular formula is C16H23ClN2O3. The number of ether oxygens (including phenoxy) is 2. The fourth-order valence-electron chi connectivity index (χ4n) is 2.73. The van der Waals surface area contributed by atoms with Crippen LogP contribution in [0.2, 0.25) is 0 Å². The molecule has 1 unspecified atom stereocenters. The Hall–Kier alpha value is -1.30. The number of nitrogens with zero attached hydrogens (tertiary/aromatic N) is 2. The Kier molecular flexibility index (Phi) is 6.06. The minimum atomic E-state index is 0.128. The molecule has 1 aromatic carbocycles. The summed E-state index contributed by atoms with van der Waals surface area (Å²) >= 11 is 6.11. The highest BCUT2D eigenvalue weighted by atomic mass is 35.5. The Bertz CT molecular complexity index is 508. The molecule has 2 aliphatic heterocycles. The Morgan fingerprint density at radius 1 is 1.41 bits per heavy atom. The van der Waals surface area contributed by atoms with Crippen molar-refractivity contribution < 1.29 is 14.3 Å². The molecular weight excluding hydrogens is 304 g/mol. The second-order valence-corrected chi connectivity index (χ2v) is 5.76. The van der Waals surface area contributed by atoms with Gasteiger partial charge in [-0.05, 0) is 24.6 Å². The van der Waals surface area contributed by atoms with E-state index in [1.54, 1.807) is 14.2 Å². The number of rotatable bonds is 4. The summed E-state index contributed by atoms with van der Waals surface area (Å²) in [6, 6.07) is 5.77. The molecule has 0 aliphatic carbocycles. The van der Waals surface area contributed by atoms with Crippen LogP contribution in [0, 0.1) is 0 Å². The van der Waals surface area contributed by atoms with E-state index in [0.29, 0.717) is 11.4 Å². The molecule has 0 N–H and O–H groups in total. The van der Waals surface area contributed by atoms with Gasteiger partial charge in [0.15, 0.2) is 0 Å². The lowest BCUT2D eigenvalue weighted by atomic mass is 10.1. The fraction of sp³-hybridized carbons (Fsp3) is 0.562. The molecule has 0 spiro atoms. The van der Waals surface area contributed by atoms with Crippen LogP contribution in [0.3, 0.4) is 0 Å². The van der Waals surface area contributed by atoms with E-state index in [4.69, 9.17) is 16.3 Å². The fourth-order valence-corrected chi connectivity index (χ4v) is 3.10. The molecule has 1 aromatic rings. The van der Waals surface area contributed by atoms with Gasteiger partial charge in [-0.25, -0.2) is 0 Å². The van der Waals surface area contributed by atoms with Gasteiger partial charge in [-0.1, -0.05) is 0 Å². The molecule has 3 rings (SSSR count). The molecule has 5 nitrogen and oxygen atoms in total. The number of methoxy groups -OCH3 is 1. The molecule has 122 valence electrons. The van der Waals surface area contributed by atoms with Gasteiger partial charge >= 0.3 is 0 Å². The summed E-state index contributed by atoms with van der Waals surface area (Å²) in [5.41, 5.74) is 2.89. The van der Waals surface area contributed by atoms with Gasteiger partial charge in [-0.3, -0.25) is 4.79 Å². The summed E-state index contributed by atoms with van der Waals surface area (Å²) in [4.78, 5) is 15.4. The van der Waals surface area contributed by atoms with Crippen LogP contribution in [0.15, 0.2) is 18.2 Å². The van der Waals surface area contributed by atoms with E-state index in [1.807, 2.05) is 25.2 Å². The summed E-state index contributed by atoms with van der Waals surface area (Å²) < 4.78 is 9.77. The van der Waals surface area contributed by atoms with Crippen LogP contribution in [0.5, 0.6) is 0 Å². The van der Waals surface area contributed by atoms with Gasteiger partial charge in [-0.15, -0.1) is 11.6 Å². The largest absolute Gasteiger partial charge is 0.388 e. The molecule has 0 radical (unpaired) electrons. The number of fused-ring (bicyclic) bond motifs is 1. The van der Waals surface area contributed by atoms with E-state index in [1.165, 1.54) is 0 Å². The first-order valence-corrected chi connectivity index (χ1v) is 7.86. The second-order valence-electron chi connectivity index (χ2n) is 5.45. The van der Waals surface area contributed by atoms with Crippen LogP contribution >= 0.6 is 11.6 Å². The highest BCUT2D eigenvalue weighted by Crippen LogP contribution is 2.40. The third-order valence-electron chi connectivity index (χ3n) is 3.96. The van der Waals surface area contributed by atoms with E-state index < -0.39 is 0 Å². The molecule has 2 atom stereocenters. The summed E-state index contributed by atoms with van der Waals surface area (Å²) in [6.07, 6.45) is 2.39. The third kappa shape index (κ3) is 3.37. The number of alkyl halides is 1. The Morgan fingerprint density at radius 2 is 2.09 bits per heavy atom. The molecule has 2 aliphatic rings. The zero-order valence-electron chi connectivity index (χ0n) is 13.3. The Balaban J connectivity index is 0.000000545. The topological polar surface area (TPSA) is 42.0 Å². The van der Waals surface area contributed by atoms with Crippen molar-refractivity contribution in [3.8, 4) is 0 Å². The number of hydrogen-bond donors (Lipinski definition) is 0. The summed E-state index contributed by atoms with van der Waals surface area (Å²) in [5.74, 6) is 0.522. The van der Waals surface area contributed by atoms with Crippen molar-refractivity contribution in [3.05, 3.63) is 23.8 Å². The molecule has 6 heteroatoms. The van der Waals surface area contributed by atoms with Crippen molar-refractivity contribution in [1.82, 2.24) is 0 Å². The minimum absolute atomic E-state index is 0.128. The minimum Gasteiger partial charge on any atom is -0.388 e. The Labute approximate surface area is 136 Å². The maximum atomic E-state index is 11.0. The predicted octanol–water partition coefficient (Wildman–Crippen LogP) is 2.37. The molecule has 1 fully saturated rings. The molecule has 0 aromatic heterocycles. The van der Waals surface area contributed by atoms with Crippen LogP contribution in [0.1, 0.15) is 16.8 Å². The number of carbonyl (C=O) groups is 1. The van der Waals surface area contributed by atoms with E-state index in [-0.39, 0.29) is 12.3 Å². The first-order chi connectivity index (χ1) is 10.7. The predicted molar refractivity (Wildman–Crippen MR) is 89.4 cm³/mol. The van der Waals surface area contributed by atoms with Gasteiger partial charge in [0.1, 0.15) is 12.5 Å². The summed E-state index contributed by atoms with van der Waals surface area (Å²) in [7, 11) is 5.29. The molecule has 0 saturated carbocycles. The average Bonchev–Trinajstić information content (AvgIpc) is 2.75. The number of hydrogen-bond acceptors (Lipinski definition) is 5. The SMILES string of the molecule is CN1c2ccc(C=O)cc2N(C[C@@H]2CCO2)C1CCl.COC. The van der Waals surface area contributed by atoms with Gasteiger partial charge < -0.3 is 19.3 Å². The van der Waals surface area contributed by atoms with Crippen molar-refractivity contribution in [1.29, 1.82) is 0 Å². The van der Waals surface area contributed by atoms with Crippen molar-refractivity contribution in [2.75, 3.05) is 50.1 Å². The van der Waals surface area contributed by atoms with Crippen molar-refractivity contribution in [2.45, 2.75) is 18.7 Å². The van der Waals surface area contributed by atoms with Crippen LogP contribution in [-0.4, -0.2) is 58.9 Å². The van der Waals surface area contributed by atoms with Crippen LogP contribution < -0.4 is 9.80 Å². The summed E-state index contributed by atoms with van der Waals surface area (Å²) in [6.45, 7) is 1.68. The number of benzene rings is 1. The number of carbonyl (C=O) groups excluding carboxylic acids is 1. The first kappa shape index (κ1) is 17.1. The zero-order chi connectivity index (χ0) is 16.1.